The number of nitrogens with one attached hydrogen (secondary N) is 1. The number of thiophene rings is 1. The molecule has 1 rings (SSSR count). The number of amides is 1. The zero-order valence-corrected chi connectivity index (χ0v) is 8.57. The molecule has 0 fully saturated rings. The predicted molar refractivity (Wildman–Crippen MR) is 50.4 cm³/mol. The Morgan fingerprint density at radius 2 is 2.21 bits per heavy atom. The van der Waals surface area contributed by atoms with Gasteiger partial charge in [-0.15, -0.1) is 11.3 Å². The zero-order chi connectivity index (χ0) is 10.7. The minimum atomic E-state index is -2.60. The van der Waals surface area contributed by atoms with E-state index in [1.54, 1.807) is 14.1 Å². The molecule has 0 atom stereocenters. The SMILES string of the molecule is CN(C)NC(=O)c1ccsc1C(F)F. The predicted octanol–water partition coefficient (Wildman–Crippen LogP) is 1.89. The number of alkyl halides is 2. The Morgan fingerprint density at radius 1 is 1.57 bits per heavy atom. The van der Waals surface area contributed by atoms with Gasteiger partial charge in [-0.05, 0) is 11.4 Å². The summed E-state index contributed by atoms with van der Waals surface area (Å²) in [5.74, 6) is -0.508. The number of halogens is 2. The molecule has 0 saturated carbocycles. The van der Waals surface area contributed by atoms with Crippen LogP contribution in [0.2, 0.25) is 0 Å². The lowest BCUT2D eigenvalue weighted by atomic mass is 10.2. The summed E-state index contributed by atoms with van der Waals surface area (Å²) in [6, 6.07) is 1.39. The van der Waals surface area contributed by atoms with Crippen LogP contribution in [0.25, 0.3) is 0 Å². The molecule has 3 nitrogen and oxygen atoms in total. The van der Waals surface area contributed by atoms with E-state index >= 15 is 0 Å². The molecule has 0 aliphatic rings. The Hall–Kier alpha value is -1.01. The summed E-state index contributed by atoms with van der Waals surface area (Å²) in [6.07, 6.45) is -2.60. The van der Waals surface area contributed by atoms with Crippen LogP contribution in [0.15, 0.2) is 11.4 Å². The standard InChI is InChI=1S/C8H10F2N2OS/c1-12(2)11-8(13)5-3-4-14-6(5)7(9)10/h3-4,7H,1-2H3,(H,11,13). The number of carbonyl (C=O) groups is 1. The van der Waals surface area contributed by atoms with Crippen LogP contribution in [-0.2, 0) is 0 Å². The molecule has 0 unspecified atom stereocenters. The summed E-state index contributed by atoms with van der Waals surface area (Å²) < 4.78 is 24.8. The molecule has 0 aromatic carbocycles. The molecule has 0 radical (unpaired) electrons. The Labute approximate surface area is 84.3 Å². The zero-order valence-electron chi connectivity index (χ0n) is 7.75. The molecule has 6 heteroatoms. The molecule has 1 amide bonds. The number of hydrogen-bond donors (Lipinski definition) is 1. The first-order valence-electron chi connectivity index (χ1n) is 3.86. The smallest absolute Gasteiger partial charge is 0.273 e. The quantitative estimate of drug-likeness (QED) is 0.789. The fraction of sp³-hybridized carbons (Fsp3) is 0.375. The van der Waals surface area contributed by atoms with Gasteiger partial charge in [0, 0.05) is 14.1 Å². The molecule has 0 bridgehead atoms. The van der Waals surface area contributed by atoms with Gasteiger partial charge in [-0.3, -0.25) is 10.2 Å². The Bertz CT molecular complexity index is 325. The third-order valence-electron chi connectivity index (χ3n) is 1.46. The summed E-state index contributed by atoms with van der Waals surface area (Å²) >= 11 is 0.884. The highest BCUT2D eigenvalue weighted by Gasteiger charge is 2.19. The molecule has 1 N–H and O–H groups in total. The van der Waals surface area contributed by atoms with Gasteiger partial charge in [0.25, 0.3) is 12.3 Å². The summed E-state index contributed by atoms with van der Waals surface area (Å²) in [4.78, 5) is 11.2. The van der Waals surface area contributed by atoms with Crippen molar-refractivity contribution in [1.29, 1.82) is 0 Å². The summed E-state index contributed by atoms with van der Waals surface area (Å²) in [5, 5.41) is 2.89. The molecule has 78 valence electrons. The second kappa shape index (κ2) is 4.47. The van der Waals surface area contributed by atoms with Gasteiger partial charge >= 0.3 is 0 Å². The lowest BCUT2D eigenvalue weighted by molar-refractivity contribution is 0.0846. The van der Waals surface area contributed by atoms with Crippen LogP contribution in [0.3, 0.4) is 0 Å². The number of hydrazine groups is 1. The second-order valence-corrected chi connectivity index (χ2v) is 3.78. The number of rotatable bonds is 3. The topological polar surface area (TPSA) is 32.3 Å². The minimum Gasteiger partial charge on any atom is -0.285 e. The highest BCUT2D eigenvalue weighted by molar-refractivity contribution is 7.10. The van der Waals surface area contributed by atoms with Crippen molar-refractivity contribution in [1.82, 2.24) is 10.4 Å². The van der Waals surface area contributed by atoms with Gasteiger partial charge < -0.3 is 0 Å². The second-order valence-electron chi connectivity index (χ2n) is 2.83. The van der Waals surface area contributed by atoms with E-state index in [0.29, 0.717) is 0 Å². The van der Waals surface area contributed by atoms with Crippen molar-refractivity contribution in [2.75, 3.05) is 14.1 Å². The van der Waals surface area contributed by atoms with E-state index in [9.17, 15) is 13.6 Å². The molecule has 0 saturated heterocycles. The normalized spacial score (nSPS) is 11.0. The van der Waals surface area contributed by atoms with E-state index in [0.717, 1.165) is 11.3 Å². The lowest BCUT2D eigenvalue weighted by Gasteiger charge is -2.11. The first-order valence-corrected chi connectivity index (χ1v) is 4.74. The number of hydrogen-bond acceptors (Lipinski definition) is 3. The van der Waals surface area contributed by atoms with Crippen LogP contribution in [0.1, 0.15) is 21.7 Å². The number of carbonyl (C=O) groups excluding carboxylic acids is 1. The summed E-state index contributed by atoms with van der Waals surface area (Å²) in [5.41, 5.74) is 2.45. The fourth-order valence-electron chi connectivity index (χ4n) is 0.941. The van der Waals surface area contributed by atoms with Crippen LogP contribution in [-0.4, -0.2) is 25.0 Å². The van der Waals surface area contributed by atoms with E-state index < -0.39 is 12.3 Å². The van der Waals surface area contributed by atoms with Crippen LogP contribution in [0.5, 0.6) is 0 Å². The van der Waals surface area contributed by atoms with E-state index in [1.807, 2.05) is 0 Å². The average Bonchev–Trinajstić information content (AvgIpc) is 2.49. The van der Waals surface area contributed by atoms with E-state index in [-0.39, 0.29) is 10.4 Å². The van der Waals surface area contributed by atoms with Crippen LogP contribution in [0, 0.1) is 0 Å². The Kier molecular flexibility index (Phi) is 3.54. The van der Waals surface area contributed by atoms with Crippen molar-refractivity contribution in [3.8, 4) is 0 Å². The van der Waals surface area contributed by atoms with Gasteiger partial charge in [0.05, 0.1) is 10.4 Å². The van der Waals surface area contributed by atoms with Crippen molar-refractivity contribution in [3.05, 3.63) is 21.9 Å². The highest BCUT2D eigenvalue weighted by atomic mass is 32.1. The van der Waals surface area contributed by atoms with Crippen LogP contribution in [0.4, 0.5) is 8.78 Å². The molecular weight excluding hydrogens is 210 g/mol. The maximum atomic E-state index is 12.4. The van der Waals surface area contributed by atoms with Gasteiger partial charge in [-0.25, -0.2) is 13.8 Å². The van der Waals surface area contributed by atoms with Crippen LogP contribution < -0.4 is 5.43 Å². The highest BCUT2D eigenvalue weighted by Crippen LogP contribution is 2.28. The first-order chi connectivity index (χ1) is 6.52. The van der Waals surface area contributed by atoms with Crippen molar-refractivity contribution in [2.24, 2.45) is 0 Å². The average molecular weight is 220 g/mol. The summed E-state index contributed by atoms with van der Waals surface area (Å²) in [7, 11) is 3.23. The minimum absolute atomic E-state index is 0.0405. The largest absolute Gasteiger partial charge is 0.285 e. The molecule has 0 spiro atoms. The molecule has 14 heavy (non-hydrogen) atoms. The molecule has 1 aromatic heterocycles. The number of nitrogens with zero attached hydrogens (tertiary/aromatic N) is 1. The van der Waals surface area contributed by atoms with E-state index in [4.69, 9.17) is 0 Å². The maximum Gasteiger partial charge on any atom is 0.273 e. The molecular formula is C8H10F2N2OS. The fourth-order valence-corrected chi connectivity index (χ4v) is 1.68. The molecule has 1 aromatic rings. The van der Waals surface area contributed by atoms with Crippen LogP contribution >= 0.6 is 11.3 Å². The molecule has 1 heterocycles. The van der Waals surface area contributed by atoms with Crippen molar-refractivity contribution in [3.63, 3.8) is 0 Å². The van der Waals surface area contributed by atoms with Gasteiger partial charge in [-0.1, -0.05) is 0 Å². The van der Waals surface area contributed by atoms with E-state index in [1.165, 1.54) is 16.5 Å². The van der Waals surface area contributed by atoms with Crippen molar-refractivity contribution >= 4 is 17.2 Å². The lowest BCUT2D eigenvalue weighted by Crippen LogP contribution is -2.36. The maximum absolute atomic E-state index is 12.4. The third kappa shape index (κ3) is 2.49. The van der Waals surface area contributed by atoms with Gasteiger partial charge in [0.1, 0.15) is 0 Å². The monoisotopic (exact) mass is 220 g/mol. The van der Waals surface area contributed by atoms with Gasteiger partial charge in [0.2, 0.25) is 0 Å². The Balaban J connectivity index is 2.84. The van der Waals surface area contributed by atoms with Crippen molar-refractivity contribution in [2.45, 2.75) is 6.43 Å². The van der Waals surface area contributed by atoms with Gasteiger partial charge in [0.15, 0.2) is 0 Å². The van der Waals surface area contributed by atoms with E-state index in [2.05, 4.69) is 5.43 Å². The Morgan fingerprint density at radius 3 is 2.71 bits per heavy atom. The molecule has 0 aliphatic heterocycles. The molecule has 0 aliphatic carbocycles. The van der Waals surface area contributed by atoms with Crippen molar-refractivity contribution < 1.29 is 13.6 Å². The van der Waals surface area contributed by atoms with Gasteiger partial charge in [-0.2, -0.15) is 0 Å². The first kappa shape index (κ1) is 11.1. The third-order valence-corrected chi connectivity index (χ3v) is 2.39. The summed E-state index contributed by atoms with van der Waals surface area (Å²) in [6.45, 7) is 0.